The molecule has 7 heteroatoms. The van der Waals surface area contributed by atoms with Crippen LogP contribution in [-0.4, -0.2) is 40.5 Å². The van der Waals surface area contributed by atoms with E-state index < -0.39 is 0 Å². The first-order valence-electron chi connectivity index (χ1n) is 8.58. The van der Waals surface area contributed by atoms with Crippen LogP contribution in [0.2, 0.25) is 0 Å². The molecule has 2 rings (SSSR count). The smallest absolute Gasteiger partial charge is 0.255 e. The number of amides is 1. The summed E-state index contributed by atoms with van der Waals surface area (Å²) in [7, 11) is 4.56. The zero-order chi connectivity index (χ0) is 19.8. The highest BCUT2D eigenvalue weighted by molar-refractivity contribution is 6.05. The van der Waals surface area contributed by atoms with Crippen molar-refractivity contribution in [1.29, 1.82) is 0 Å². The quantitative estimate of drug-likeness (QED) is 0.719. The number of ether oxygens (including phenoxy) is 5. The minimum absolute atomic E-state index is 0.298. The minimum Gasteiger partial charge on any atom is -0.493 e. The first kappa shape index (κ1) is 20.2. The predicted molar refractivity (Wildman–Crippen MR) is 103 cm³/mol. The highest BCUT2D eigenvalue weighted by Crippen LogP contribution is 2.40. The molecule has 0 saturated heterocycles. The van der Waals surface area contributed by atoms with E-state index in [4.69, 9.17) is 23.7 Å². The molecule has 146 valence electrons. The molecule has 0 heterocycles. The van der Waals surface area contributed by atoms with Crippen molar-refractivity contribution in [2.24, 2.45) is 0 Å². The van der Waals surface area contributed by atoms with E-state index in [1.54, 1.807) is 30.3 Å². The number of carbonyl (C=O) groups is 1. The maximum atomic E-state index is 12.7. The molecule has 0 aliphatic carbocycles. The number of rotatable bonds is 9. The predicted octanol–water partition coefficient (Wildman–Crippen LogP) is 3.76. The third kappa shape index (κ3) is 4.75. The molecular formula is C20H25NO6. The van der Waals surface area contributed by atoms with Gasteiger partial charge in [-0.3, -0.25) is 4.79 Å². The van der Waals surface area contributed by atoms with Crippen LogP contribution in [0.4, 0.5) is 5.69 Å². The van der Waals surface area contributed by atoms with Crippen molar-refractivity contribution in [3.8, 4) is 28.7 Å². The van der Waals surface area contributed by atoms with Gasteiger partial charge in [0.2, 0.25) is 5.75 Å². The molecule has 0 bridgehead atoms. The van der Waals surface area contributed by atoms with Crippen molar-refractivity contribution < 1.29 is 28.5 Å². The Balaban J connectivity index is 2.30. The Labute approximate surface area is 159 Å². The second-order valence-electron chi connectivity index (χ2n) is 5.40. The van der Waals surface area contributed by atoms with Crippen LogP contribution >= 0.6 is 0 Å². The summed E-state index contributed by atoms with van der Waals surface area (Å²) in [5.41, 5.74) is 0.956. The summed E-state index contributed by atoms with van der Waals surface area (Å²) in [5, 5.41) is 2.83. The van der Waals surface area contributed by atoms with Crippen molar-refractivity contribution in [3.05, 3.63) is 35.9 Å². The van der Waals surface area contributed by atoms with Crippen molar-refractivity contribution in [2.75, 3.05) is 39.9 Å². The molecule has 7 nitrogen and oxygen atoms in total. The van der Waals surface area contributed by atoms with Gasteiger partial charge in [0.15, 0.2) is 23.0 Å². The van der Waals surface area contributed by atoms with Crippen molar-refractivity contribution in [3.63, 3.8) is 0 Å². The van der Waals surface area contributed by atoms with E-state index >= 15 is 0 Å². The summed E-state index contributed by atoms with van der Waals surface area (Å²) >= 11 is 0. The molecule has 0 atom stereocenters. The van der Waals surface area contributed by atoms with E-state index in [0.717, 1.165) is 0 Å². The second kappa shape index (κ2) is 9.56. The Kier molecular flexibility index (Phi) is 7.16. The van der Waals surface area contributed by atoms with Crippen LogP contribution in [0.15, 0.2) is 30.3 Å². The molecule has 1 amide bonds. The zero-order valence-electron chi connectivity index (χ0n) is 16.3. The summed E-state index contributed by atoms with van der Waals surface area (Å²) in [4.78, 5) is 12.7. The Bertz CT molecular complexity index is 765. The van der Waals surface area contributed by atoms with Gasteiger partial charge in [-0.2, -0.15) is 0 Å². The van der Waals surface area contributed by atoms with E-state index in [9.17, 15) is 4.79 Å². The summed E-state index contributed by atoms with van der Waals surface area (Å²) in [6, 6.07) is 8.38. The molecule has 0 spiro atoms. The van der Waals surface area contributed by atoms with E-state index in [-0.39, 0.29) is 5.91 Å². The summed E-state index contributed by atoms with van der Waals surface area (Å²) in [6.07, 6.45) is 0. The minimum atomic E-state index is -0.298. The van der Waals surface area contributed by atoms with Gasteiger partial charge < -0.3 is 29.0 Å². The monoisotopic (exact) mass is 375 g/mol. The average Bonchev–Trinajstić information content (AvgIpc) is 2.68. The third-order valence-electron chi connectivity index (χ3n) is 3.73. The van der Waals surface area contributed by atoms with Crippen LogP contribution < -0.4 is 29.0 Å². The fourth-order valence-corrected chi connectivity index (χ4v) is 2.55. The molecule has 0 unspecified atom stereocenters. The van der Waals surface area contributed by atoms with Crippen LogP contribution in [0.1, 0.15) is 24.2 Å². The lowest BCUT2D eigenvalue weighted by Crippen LogP contribution is -2.13. The van der Waals surface area contributed by atoms with Gasteiger partial charge in [-0.25, -0.2) is 0 Å². The number of nitrogens with one attached hydrogen (secondary N) is 1. The largest absolute Gasteiger partial charge is 0.493 e. The second-order valence-corrected chi connectivity index (χ2v) is 5.40. The number of hydrogen-bond donors (Lipinski definition) is 1. The average molecular weight is 375 g/mol. The fourth-order valence-electron chi connectivity index (χ4n) is 2.55. The molecule has 0 aromatic heterocycles. The van der Waals surface area contributed by atoms with Gasteiger partial charge in [0, 0.05) is 23.4 Å². The number of hydrogen-bond acceptors (Lipinski definition) is 6. The highest BCUT2D eigenvalue weighted by atomic mass is 16.5. The van der Waals surface area contributed by atoms with Gasteiger partial charge in [-0.1, -0.05) is 0 Å². The number of benzene rings is 2. The maximum absolute atomic E-state index is 12.7. The molecule has 2 aromatic rings. The number of anilines is 1. The fraction of sp³-hybridized carbons (Fsp3) is 0.350. The molecule has 2 aromatic carbocycles. The Morgan fingerprint density at radius 2 is 1.41 bits per heavy atom. The molecule has 1 N–H and O–H groups in total. The highest BCUT2D eigenvalue weighted by Gasteiger charge is 2.16. The van der Waals surface area contributed by atoms with E-state index in [1.165, 1.54) is 21.3 Å². The molecule has 0 aliphatic heterocycles. The third-order valence-corrected chi connectivity index (χ3v) is 3.73. The molecule has 0 aliphatic rings. The Hall–Kier alpha value is -3.09. The molecule has 0 saturated carbocycles. The molecular weight excluding hydrogens is 350 g/mol. The van der Waals surface area contributed by atoms with Crippen molar-refractivity contribution in [2.45, 2.75) is 13.8 Å². The van der Waals surface area contributed by atoms with Crippen LogP contribution in [0, 0.1) is 0 Å². The van der Waals surface area contributed by atoms with Crippen LogP contribution in [0.25, 0.3) is 0 Å². The first-order chi connectivity index (χ1) is 13.1. The summed E-state index contributed by atoms with van der Waals surface area (Å²) in [5.74, 6) is 2.19. The van der Waals surface area contributed by atoms with Crippen molar-refractivity contribution >= 4 is 11.6 Å². The lowest BCUT2D eigenvalue weighted by atomic mass is 10.1. The summed E-state index contributed by atoms with van der Waals surface area (Å²) < 4.78 is 27.0. The Morgan fingerprint density at radius 3 is 1.93 bits per heavy atom. The van der Waals surface area contributed by atoms with Gasteiger partial charge in [0.05, 0.1) is 34.5 Å². The van der Waals surface area contributed by atoms with Crippen LogP contribution in [-0.2, 0) is 0 Å². The number of carbonyl (C=O) groups excluding carboxylic acids is 1. The van der Waals surface area contributed by atoms with Crippen LogP contribution in [0.5, 0.6) is 28.7 Å². The van der Waals surface area contributed by atoms with Gasteiger partial charge in [0.25, 0.3) is 5.91 Å². The molecule has 0 fully saturated rings. The lowest BCUT2D eigenvalue weighted by molar-refractivity contribution is 0.102. The summed E-state index contributed by atoms with van der Waals surface area (Å²) in [6.45, 7) is 4.74. The van der Waals surface area contributed by atoms with E-state index in [2.05, 4.69) is 5.32 Å². The van der Waals surface area contributed by atoms with Gasteiger partial charge in [0.1, 0.15) is 0 Å². The van der Waals surface area contributed by atoms with Gasteiger partial charge in [-0.15, -0.1) is 0 Å². The SMILES string of the molecule is CCOc1ccc(C(=O)Nc2cc(OC)c(OC)c(OC)c2)cc1OCC. The van der Waals surface area contributed by atoms with Crippen LogP contribution in [0.3, 0.4) is 0 Å². The zero-order valence-corrected chi connectivity index (χ0v) is 16.3. The maximum Gasteiger partial charge on any atom is 0.255 e. The van der Waals surface area contributed by atoms with Crippen molar-refractivity contribution in [1.82, 2.24) is 0 Å². The topological polar surface area (TPSA) is 75.3 Å². The lowest BCUT2D eigenvalue weighted by Gasteiger charge is -2.15. The molecule has 27 heavy (non-hydrogen) atoms. The Morgan fingerprint density at radius 1 is 0.815 bits per heavy atom. The normalized spacial score (nSPS) is 10.1. The first-order valence-corrected chi connectivity index (χ1v) is 8.58. The number of methoxy groups -OCH3 is 3. The van der Waals surface area contributed by atoms with Gasteiger partial charge >= 0.3 is 0 Å². The van der Waals surface area contributed by atoms with E-state index in [1.807, 2.05) is 13.8 Å². The van der Waals surface area contributed by atoms with E-state index in [0.29, 0.717) is 53.2 Å². The van der Waals surface area contributed by atoms with Gasteiger partial charge in [-0.05, 0) is 32.0 Å². The molecule has 0 radical (unpaired) electrons. The standard InChI is InChI=1S/C20H25NO6/c1-6-26-15-9-8-13(10-16(15)27-7-2)20(22)21-14-11-17(23-3)19(25-5)18(12-14)24-4/h8-12H,6-7H2,1-5H3,(H,21,22).